The van der Waals surface area contributed by atoms with E-state index in [1.54, 1.807) is 11.3 Å². The van der Waals surface area contributed by atoms with Crippen LogP contribution >= 0.6 is 11.3 Å². The van der Waals surface area contributed by atoms with Crippen molar-refractivity contribution < 1.29 is 13.2 Å². The maximum Gasteiger partial charge on any atom is 0.389 e. The molecule has 0 unspecified atom stereocenters. The zero-order chi connectivity index (χ0) is 12.0. The first-order valence-corrected chi connectivity index (χ1v) is 6.10. The first-order valence-electron chi connectivity index (χ1n) is 5.22. The van der Waals surface area contributed by atoms with E-state index in [9.17, 15) is 13.2 Å². The molecule has 2 nitrogen and oxygen atoms in total. The van der Waals surface area contributed by atoms with E-state index in [0.29, 0.717) is 13.1 Å². The molecule has 6 heteroatoms. The smallest absolute Gasteiger partial charge is 0.311 e. The average molecular weight is 252 g/mol. The molecule has 0 bridgehead atoms. The van der Waals surface area contributed by atoms with Crippen molar-refractivity contribution in [1.29, 1.82) is 0 Å². The Morgan fingerprint density at radius 2 is 2.19 bits per heavy atom. The van der Waals surface area contributed by atoms with E-state index in [1.807, 2.05) is 12.3 Å². The van der Waals surface area contributed by atoms with Gasteiger partial charge in [0.25, 0.3) is 0 Å². The second kappa shape index (κ2) is 6.20. The number of hydrogen-bond acceptors (Lipinski definition) is 3. The summed E-state index contributed by atoms with van der Waals surface area (Å²) in [5.74, 6) is 0. The summed E-state index contributed by atoms with van der Waals surface area (Å²) in [6, 6.07) is 0. The fourth-order valence-corrected chi connectivity index (χ4v) is 1.97. The Morgan fingerprint density at radius 1 is 1.44 bits per heavy atom. The number of aryl methyl sites for hydroxylation is 1. The van der Waals surface area contributed by atoms with Gasteiger partial charge >= 0.3 is 6.18 Å². The van der Waals surface area contributed by atoms with Crippen molar-refractivity contribution in [1.82, 2.24) is 10.3 Å². The molecule has 1 aromatic heterocycles. The molecule has 0 spiro atoms. The van der Waals surface area contributed by atoms with E-state index >= 15 is 0 Å². The second-order valence-electron chi connectivity index (χ2n) is 3.48. The minimum Gasteiger partial charge on any atom is -0.311 e. The van der Waals surface area contributed by atoms with E-state index in [4.69, 9.17) is 0 Å². The van der Waals surface area contributed by atoms with Gasteiger partial charge in [0.15, 0.2) is 0 Å². The normalized spacial score (nSPS) is 12.0. The standard InChI is InChI=1S/C10H15F3N2S/c1-2-9-15-8(7-16-9)6-14-5-3-4-10(11,12)13/h7,14H,2-6H2,1H3. The van der Waals surface area contributed by atoms with Crippen LogP contribution in [0.15, 0.2) is 5.38 Å². The van der Waals surface area contributed by atoms with Crippen LogP contribution in [0.2, 0.25) is 0 Å². The first kappa shape index (κ1) is 13.4. The summed E-state index contributed by atoms with van der Waals surface area (Å²) in [4.78, 5) is 4.31. The lowest BCUT2D eigenvalue weighted by Gasteiger charge is -2.06. The number of thiazole rings is 1. The number of rotatable bonds is 6. The van der Waals surface area contributed by atoms with Gasteiger partial charge in [-0.3, -0.25) is 0 Å². The van der Waals surface area contributed by atoms with Crippen molar-refractivity contribution in [2.45, 2.75) is 38.9 Å². The van der Waals surface area contributed by atoms with Crippen molar-refractivity contribution in [3.63, 3.8) is 0 Å². The SMILES string of the molecule is CCc1nc(CNCCCC(F)(F)F)cs1. The molecule has 0 saturated carbocycles. The largest absolute Gasteiger partial charge is 0.389 e. The van der Waals surface area contributed by atoms with E-state index in [2.05, 4.69) is 10.3 Å². The topological polar surface area (TPSA) is 24.9 Å². The van der Waals surface area contributed by atoms with Crippen molar-refractivity contribution in [3.05, 3.63) is 16.1 Å². The molecule has 1 N–H and O–H groups in total. The Hall–Kier alpha value is -0.620. The fourth-order valence-electron chi connectivity index (χ4n) is 1.22. The third-order valence-corrected chi connectivity index (χ3v) is 3.06. The van der Waals surface area contributed by atoms with Crippen molar-refractivity contribution >= 4 is 11.3 Å². The highest BCUT2D eigenvalue weighted by atomic mass is 32.1. The van der Waals surface area contributed by atoms with Crippen LogP contribution in [0.5, 0.6) is 0 Å². The summed E-state index contributed by atoms with van der Waals surface area (Å²) in [6.07, 6.45) is -3.75. The summed E-state index contributed by atoms with van der Waals surface area (Å²) < 4.78 is 35.4. The Morgan fingerprint density at radius 3 is 2.75 bits per heavy atom. The van der Waals surface area contributed by atoms with Gasteiger partial charge in [-0.25, -0.2) is 4.98 Å². The molecular weight excluding hydrogens is 237 g/mol. The van der Waals surface area contributed by atoms with Gasteiger partial charge in [-0.2, -0.15) is 13.2 Å². The van der Waals surface area contributed by atoms with Gasteiger partial charge in [0.1, 0.15) is 0 Å². The number of nitrogens with zero attached hydrogens (tertiary/aromatic N) is 1. The summed E-state index contributed by atoms with van der Waals surface area (Å²) in [5.41, 5.74) is 0.911. The second-order valence-corrected chi connectivity index (χ2v) is 4.42. The van der Waals surface area contributed by atoms with Gasteiger partial charge in [0, 0.05) is 18.3 Å². The number of hydrogen-bond donors (Lipinski definition) is 1. The summed E-state index contributed by atoms with van der Waals surface area (Å²) in [6.45, 7) is 2.95. The summed E-state index contributed by atoms with van der Waals surface area (Å²) in [7, 11) is 0. The molecule has 0 aliphatic heterocycles. The minimum absolute atomic E-state index is 0.119. The van der Waals surface area contributed by atoms with Gasteiger partial charge in [-0.15, -0.1) is 11.3 Å². The molecule has 0 aliphatic rings. The van der Waals surface area contributed by atoms with Crippen LogP contribution in [0.4, 0.5) is 13.2 Å². The van der Waals surface area contributed by atoms with Crippen LogP contribution in [0.1, 0.15) is 30.5 Å². The lowest BCUT2D eigenvalue weighted by molar-refractivity contribution is -0.135. The highest BCUT2D eigenvalue weighted by Crippen LogP contribution is 2.20. The first-order chi connectivity index (χ1) is 7.51. The zero-order valence-corrected chi connectivity index (χ0v) is 9.92. The molecule has 0 aromatic carbocycles. The molecule has 0 atom stereocenters. The Kier molecular flexibility index (Phi) is 5.21. The van der Waals surface area contributed by atoms with Crippen molar-refractivity contribution in [3.8, 4) is 0 Å². The lowest BCUT2D eigenvalue weighted by atomic mass is 10.3. The minimum atomic E-state index is -4.04. The van der Waals surface area contributed by atoms with Gasteiger partial charge < -0.3 is 5.32 Å². The molecule has 1 heterocycles. The molecule has 92 valence electrons. The molecule has 0 radical (unpaired) electrons. The monoisotopic (exact) mass is 252 g/mol. The highest BCUT2D eigenvalue weighted by molar-refractivity contribution is 7.09. The molecule has 0 amide bonds. The molecule has 1 aromatic rings. The van der Waals surface area contributed by atoms with E-state index in [1.165, 1.54) is 0 Å². The van der Waals surface area contributed by atoms with E-state index in [0.717, 1.165) is 17.1 Å². The Bertz CT molecular complexity index is 309. The summed E-state index contributed by atoms with van der Waals surface area (Å²) in [5, 5.41) is 5.96. The highest BCUT2D eigenvalue weighted by Gasteiger charge is 2.25. The van der Waals surface area contributed by atoms with Crippen LogP contribution in [-0.4, -0.2) is 17.7 Å². The Labute approximate surface area is 96.9 Å². The van der Waals surface area contributed by atoms with Crippen molar-refractivity contribution in [2.24, 2.45) is 0 Å². The zero-order valence-electron chi connectivity index (χ0n) is 9.10. The predicted molar refractivity (Wildman–Crippen MR) is 58.5 cm³/mol. The van der Waals surface area contributed by atoms with Gasteiger partial charge in [-0.1, -0.05) is 6.92 Å². The molecular formula is C10H15F3N2S. The van der Waals surface area contributed by atoms with Crippen LogP contribution in [0.25, 0.3) is 0 Å². The third-order valence-electron chi connectivity index (χ3n) is 2.02. The number of aromatic nitrogens is 1. The van der Waals surface area contributed by atoms with Gasteiger partial charge in [-0.05, 0) is 19.4 Å². The molecule has 16 heavy (non-hydrogen) atoms. The third kappa shape index (κ3) is 5.46. The maximum absolute atomic E-state index is 11.8. The van der Waals surface area contributed by atoms with Gasteiger partial charge in [0.2, 0.25) is 0 Å². The molecule has 0 saturated heterocycles. The van der Waals surface area contributed by atoms with Crippen LogP contribution < -0.4 is 5.32 Å². The predicted octanol–water partition coefficient (Wildman–Crippen LogP) is 3.14. The number of halogens is 3. The van der Waals surface area contributed by atoms with E-state index < -0.39 is 12.6 Å². The van der Waals surface area contributed by atoms with Crippen molar-refractivity contribution in [2.75, 3.05) is 6.54 Å². The lowest BCUT2D eigenvalue weighted by Crippen LogP contribution is -2.17. The number of alkyl halides is 3. The number of nitrogens with one attached hydrogen (secondary N) is 1. The van der Waals surface area contributed by atoms with Crippen LogP contribution in [0, 0.1) is 0 Å². The summed E-state index contributed by atoms with van der Waals surface area (Å²) >= 11 is 1.59. The van der Waals surface area contributed by atoms with Gasteiger partial charge in [0.05, 0.1) is 10.7 Å². The molecule has 0 fully saturated rings. The molecule has 1 rings (SSSR count). The maximum atomic E-state index is 11.8. The fraction of sp³-hybridized carbons (Fsp3) is 0.700. The van der Waals surface area contributed by atoms with Crippen LogP contribution in [0.3, 0.4) is 0 Å². The average Bonchev–Trinajstić information content (AvgIpc) is 2.63. The quantitative estimate of drug-likeness (QED) is 0.787. The Balaban J connectivity index is 2.11. The van der Waals surface area contributed by atoms with E-state index in [-0.39, 0.29) is 6.42 Å². The molecule has 0 aliphatic carbocycles. The van der Waals surface area contributed by atoms with Crippen LogP contribution in [-0.2, 0) is 13.0 Å².